The highest BCUT2D eigenvalue weighted by Gasteiger charge is 2.14. The highest BCUT2D eigenvalue weighted by atomic mass is 16.6. The van der Waals surface area contributed by atoms with Gasteiger partial charge in [0.1, 0.15) is 5.75 Å². The predicted molar refractivity (Wildman–Crippen MR) is 90.0 cm³/mol. The predicted octanol–water partition coefficient (Wildman–Crippen LogP) is 1.51. The van der Waals surface area contributed by atoms with E-state index < -0.39 is 10.8 Å². The molecule has 1 aromatic heterocycles. The van der Waals surface area contributed by atoms with Crippen LogP contribution >= 0.6 is 0 Å². The van der Waals surface area contributed by atoms with E-state index in [9.17, 15) is 14.9 Å². The second-order valence-corrected chi connectivity index (χ2v) is 5.20. The molecule has 0 unspecified atom stereocenters. The van der Waals surface area contributed by atoms with Crippen LogP contribution in [0.1, 0.15) is 16.2 Å². The molecular weight excluding hydrogens is 340 g/mol. The van der Waals surface area contributed by atoms with E-state index in [0.717, 1.165) is 0 Å². The maximum Gasteiger partial charge on any atom is 0.270 e. The average Bonchev–Trinajstić information content (AvgIpc) is 3.14. The van der Waals surface area contributed by atoms with Crippen LogP contribution in [0.4, 0.5) is 5.69 Å². The summed E-state index contributed by atoms with van der Waals surface area (Å²) in [6.45, 7) is 0.0561. The van der Waals surface area contributed by atoms with Gasteiger partial charge >= 0.3 is 0 Å². The van der Waals surface area contributed by atoms with E-state index in [2.05, 4.69) is 20.8 Å². The molecule has 1 heterocycles. The minimum absolute atomic E-state index is 0.0561. The Labute approximate surface area is 147 Å². The Hall–Kier alpha value is -3.82. The summed E-state index contributed by atoms with van der Waals surface area (Å²) >= 11 is 0. The molecule has 3 rings (SSSR count). The molecule has 0 radical (unpaired) electrons. The minimum atomic E-state index is -0.555. The number of nitrogens with zero attached hydrogens (tertiary/aromatic N) is 5. The first-order valence-corrected chi connectivity index (χ1v) is 7.53. The summed E-state index contributed by atoms with van der Waals surface area (Å²) in [5.74, 6) is 0.647. The zero-order valence-corrected chi connectivity index (χ0v) is 13.7. The first-order chi connectivity index (χ1) is 12.6. The average molecular weight is 354 g/mol. The Bertz CT molecular complexity index is 938. The molecule has 132 valence electrons. The molecule has 2 aromatic carbocycles. The summed E-state index contributed by atoms with van der Waals surface area (Å²) in [4.78, 5) is 22.5. The summed E-state index contributed by atoms with van der Waals surface area (Å²) in [5, 5.41) is 24.9. The summed E-state index contributed by atoms with van der Waals surface area (Å²) in [5.41, 5.74) is 0.735. The van der Waals surface area contributed by atoms with Gasteiger partial charge in [0.15, 0.2) is 5.82 Å². The second-order valence-electron chi connectivity index (χ2n) is 5.20. The number of non-ortho nitro benzene ring substituents is 1. The molecule has 0 spiro atoms. The van der Waals surface area contributed by atoms with E-state index in [1.165, 1.54) is 28.9 Å². The molecule has 0 aliphatic heterocycles. The van der Waals surface area contributed by atoms with Gasteiger partial charge in [-0.15, -0.1) is 5.10 Å². The third-order valence-corrected chi connectivity index (χ3v) is 3.58. The van der Waals surface area contributed by atoms with Crippen LogP contribution in [0.5, 0.6) is 5.75 Å². The number of aromatic nitrogens is 4. The Morgan fingerprint density at radius 3 is 2.73 bits per heavy atom. The first-order valence-electron chi connectivity index (χ1n) is 7.53. The van der Waals surface area contributed by atoms with Gasteiger partial charge in [-0.1, -0.05) is 6.07 Å². The fourth-order valence-electron chi connectivity index (χ4n) is 2.26. The quantitative estimate of drug-likeness (QED) is 0.525. The van der Waals surface area contributed by atoms with Crippen LogP contribution in [0.25, 0.3) is 5.69 Å². The number of carbonyl (C=O) groups is 1. The van der Waals surface area contributed by atoms with Crippen molar-refractivity contribution in [2.75, 3.05) is 7.11 Å². The van der Waals surface area contributed by atoms with Crippen molar-refractivity contribution in [3.63, 3.8) is 0 Å². The van der Waals surface area contributed by atoms with E-state index in [-0.39, 0.29) is 17.8 Å². The normalized spacial score (nSPS) is 10.3. The summed E-state index contributed by atoms with van der Waals surface area (Å²) in [7, 11) is 1.57. The number of nitrogens with one attached hydrogen (secondary N) is 1. The molecule has 1 amide bonds. The van der Waals surface area contributed by atoms with Crippen LogP contribution in [0.2, 0.25) is 0 Å². The summed E-state index contributed by atoms with van der Waals surface area (Å²) in [6.07, 6.45) is 0. The van der Waals surface area contributed by atoms with E-state index in [0.29, 0.717) is 17.3 Å². The van der Waals surface area contributed by atoms with Crippen molar-refractivity contribution in [3.8, 4) is 11.4 Å². The molecule has 0 aliphatic rings. The monoisotopic (exact) mass is 354 g/mol. The number of hydrogen-bond acceptors (Lipinski definition) is 7. The molecule has 1 N–H and O–H groups in total. The molecule has 10 heteroatoms. The van der Waals surface area contributed by atoms with Crippen molar-refractivity contribution in [1.29, 1.82) is 0 Å². The second kappa shape index (κ2) is 7.38. The van der Waals surface area contributed by atoms with Gasteiger partial charge < -0.3 is 10.1 Å². The largest absolute Gasteiger partial charge is 0.497 e. The lowest BCUT2D eigenvalue weighted by molar-refractivity contribution is -0.384. The zero-order valence-electron chi connectivity index (χ0n) is 13.7. The van der Waals surface area contributed by atoms with Crippen LogP contribution < -0.4 is 10.1 Å². The van der Waals surface area contributed by atoms with Crippen molar-refractivity contribution < 1.29 is 14.5 Å². The fourth-order valence-corrected chi connectivity index (χ4v) is 2.26. The third-order valence-electron chi connectivity index (χ3n) is 3.58. The number of hydrogen-bond donors (Lipinski definition) is 1. The minimum Gasteiger partial charge on any atom is -0.497 e. The van der Waals surface area contributed by atoms with E-state index >= 15 is 0 Å². The summed E-state index contributed by atoms with van der Waals surface area (Å²) < 4.78 is 6.58. The summed E-state index contributed by atoms with van der Waals surface area (Å²) in [6, 6.07) is 12.6. The number of rotatable bonds is 6. The molecule has 26 heavy (non-hydrogen) atoms. The first kappa shape index (κ1) is 17.0. The van der Waals surface area contributed by atoms with Crippen molar-refractivity contribution >= 4 is 11.6 Å². The van der Waals surface area contributed by atoms with Gasteiger partial charge in [-0.05, 0) is 40.8 Å². The van der Waals surface area contributed by atoms with Gasteiger partial charge in [0.25, 0.3) is 11.6 Å². The molecular formula is C16H14N6O4. The number of amides is 1. The standard InChI is InChI=1S/C16H14N6O4/c1-26-14-7-5-12(6-8-14)21-15(18-19-20-21)10-17-16(23)11-3-2-4-13(9-11)22(24)25/h2-9H,10H2,1H3,(H,17,23). The number of nitro groups is 1. The molecule has 0 saturated heterocycles. The number of carbonyl (C=O) groups excluding carboxylic acids is 1. The zero-order chi connectivity index (χ0) is 18.5. The molecule has 0 aliphatic carbocycles. The third kappa shape index (κ3) is 3.64. The lowest BCUT2D eigenvalue weighted by Gasteiger charge is -2.07. The van der Waals surface area contributed by atoms with Crippen LogP contribution in [-0.2, 0) is 6.54 Å². The highest BCUT2D eigenvalue weighted by molar-refractivity contribution is 5.94. The molecule has 0 bridgehead atoms. The Morgan fingerprint density at radius 1 is 1.27 bits per heavy atom. The van der Waals surface area contributed by atoms with E-state index in [1.54, 1.807) is 31.4 Å². The van der Waals surface area contributed by atoms with Crippen LogP contribution in [0.15, 0.2) is 48.5 Å². The number of benzene rings is 2. The van der Waals surface area contributed by atoms with Gasteiger partial charge in [-0.2, -0.15) is 4.68 Å². The topological polar surface area (TPSA) is 125 Å². The van der Waals surface area contributed by atoms with Crippen LogP contribution in [0.3, 0.4) is 0 Å². The Kier molecular flexibility index (Phi) is 4.83. The highest BCUT2D eigenvalue weighted by Crippen LogP contribution is 2.15. The number of tetrazole rings is 1. The van der Waals surface area contributed by atoms with Gasteiger partial charge in [-0.3, -0.25) is 14.9 Å². The van der Waals surface area contributed by atoms with Gasteiger partial charge in [-0.25, -0.2) is 0 Å². The lowest BCUT2D eigenvalue weighted by Crippen LogP contribution is -2.24. The molecule has 0 atom stereocenters. The van der Waals surface area contributed by atoms with E-state index in [4.69, 9.17) is 4.74 Å². The van der Waals surface area contributed by atoms with Crippen molar-refractivity contribution in [2.24, 2.45) is 0 Å². The van der Waals surface area contributed by atoms with E-state index in [1.807, 2.05) is 0 Å². The maximum absolute atomic E-state index is 12.2. The van der Waals surface area contributed by atoms with Crippen molar-refractivity contribution in [3.05, 3.63) is 70.0 Å². The van der Waals surface area contributed by atoms with Crippen LogP contribution in [-0.4, -0.2) is 38.1 Å². The van der Waals surface area contributed by atoms with Crippen LogP contribution in [0, 0.1) is 10.1 Å². The SMILES string of the molecule is COc1ccc(-n2nnnc2CNC(=O)c2cccc([N+](=O)[O-])c2)cc1. The molecule has 3 aromatic rings. The smallest absolute Gasteiger partial charge is 0.270 e. The van der Waals surface area contributed by atoms with Crippen molar-refractivity contribution in [2.45, 2.75) is 6.54 Å². The number of ether oxygens (including phenoxy) is 1. The molecule has 10 nitrogen and oxygen atoms in total. The van der Waals surface area contributed by atoms with Gasteiger partial charge in [0.05, 0.1) is 24.3 Å². The van der Waals surface area contributed by atoms with Crippen molar-refractivity contribution in [1.82, 2.24) is 25.5 Å². The molecule has 0 saturated carbocycles. The lowest BCUT2D eigenvalue weighted by atomic mass is 10.2. The Morgan fingerprint density at radius 2 is 2.04 bits per heavy atom. The molecule has 0 fully saturated rings. The van der Waals surface area contributed by atoms with Gasteiger partial charge in [0, 0.05) is 17.7 Å². The number of nitro benzene ring substituents is 1. The fraction of sp³-hybridized carbons (Fsp3) is 0.125. The Balaban J connectivity index is 1.72. The van der Waals surface area contributed by atoms with Gasteiger partial charge in [0.2, 0.25) is 0 Å². The number of methoxy groups -OCH3 is 1. The maximum atomic E-state index is 12.2.